The summed E-state index contributed by atoms with van der Waals surface area (Å²) in [5.74, 6) is 0.623. The normalized spacial score (nSPS) is 11.4. The monoisotopic (exact) mass is 523 g/mol. The highest BCUT2D eigenvalue weighted by Gasteiger charge is 2.01. The first-order valence-electron chi connectivity index (χ1n) is 13.6. The lowest BCUT2D eigenvalue weighted by atomic mass is 10.1. The van der Waals surface area contributed by atoms with Crippen molar-refractivity contribution in [3.63, 3.8) is 0 Å². The van der Waals surface area contributed by atoms with E-state index in [1.54, 1.807) is 0 Å². The van der Waals surface area contributed by atoms with Crippen LogP contribution in [0.3, 0.4) is 0 Å². The first-order valence-corrected chi connectivity index (χ1v) is 13.6. The first-order chi connectivity index (χ1) is 17.7. The molecule has 0 radical (unpaired) electrons. The SMILES string of the molecule is CCCCOCCOCCOCCOCCOCCOCCOCCOCCC(=O)NCCC(C)C. The lowest BCUT2D eigenvalue weighted by molar-refractivity contribution is -0.122. The van der Waals surface area contributed by atoms with Gasteiger partial charge in [0.05, 0.1) is 99.1 Å². The minimum Gasteiger partial charge on any atom is -0.379 e. The van der Waals surface area contributed by atoms with E-state index in [2.05, 4.69) is 26.1 Å². The quantitative estimate of drug-likeness (QED) is 0.142. The van der Waals surface area contributed by atoms with Crippen molar-refractivity contribution < 1.29 is 42.7 Å². The lowest BCUT2D eigenvalue weighted by Gasteiger charge is -2.09. The molecule has 0 spiro atoms. The molecule has 36 heavy (non-hydrogen) atoms. The zero-order chi connectivity index (χ0) is 26.4. The fourth-order valence-corrected chi connectivity index (χ4v) is 2.64. The Morgan fingerprint density at radius 2 is 0.889 bits per heavy atom. The third-order valence-electron chi connectivity index (χ3n) is 4.76. The van der Waals surface area contributed by atoms with Crippen molar-refractivity contribution in [2.45, 2.75) is 46.5 Å². The van der Waals surface area contributed by atoms with Crippen molar-refractivity contribution in [2.24, 2.45) is 5.92 Å². The number of hydrogen-bond acceptors (Lipinski definition) is 9. The van der Waals surface area contributed by atoms with E-state index >= 15 is 0 Å². The second kappa shape index (κ2) is 30.4. The molecule has 10 nitrogen and oxygen atoms in total. The molecule has 1 amide bonds. The van der Waals surface area contributed by atoms with Crippen molar-refractivity contribution in [1.82, 2.24) is 5.32 Å². The van der Waals surface area contributed by atoms with Gasteiger partial charge in [-0.15, -0.1) is 0 Å². The highest BCUT2D eigenvalue weighted by Crippen LogP contribution is 1.96. The molecule has 0 fully saturated rings. The summed E-state index contributed by atoms with van der Waals surface area (Å²) in [6.45, 7) is 15.8. The fraction of sp³-hybridized carbons (Fsp3) is 0.962. The minimum atomic E-state index is 0.0317. The van der Waals surface area contributed by atoms with E-state index in [1.807, 2.05) is 0 Å². The van der Waals surface area contributed by atoms with Crippen LogP contribution in [0.15, 0.2) is 0 Å². The molecule has 0 saturated heterocycles. The van der Waals surface area contributed by atoms with Gasteiger partial charge in [-0.1, -0.05) is 27.2 Å². The Bertz CT molecular complexity index is 442. The van der Waals surface area contributed by atoms with E-state index in [4.69, 9.17) is 37.9 Å². The lowest BCUT2D eigenvalue weighted by Crippen LogP contribution is -2.26. The maximum Gasteiger partial charge on any atom is 0.222 e. The van der Waals surface area contributed by atoms with Gasteiger partial charge in [0.25, 0.3) is 0 Å². The summed E-state index contributed by atoms with van der Waals surface area (Å²) in [4.78, 5) is 11.6. The molecule has 10 heteroatoms. The van der Waals surface area contributed by atoms with Crippen LogP contribution in [-0.2, 0) is 42.7 Å². The molecule has 0 bridgehead atoms. The predicted molar refractivity (Wildman–Crippen MR) is 139 cm³/mol. The molecule has 0 aromatic carbocycles. The van der Waals surface area contributed by atoms with Crippen LogP contribution in [0, 0.1) is 5.92 Å². The Labute approximate surface area is 218 Å². The highest BCUT2D eigenvalue weighted by atomic mass is 16.6. The summed E-state index contributed by atoms with van der Waals surface area (Å²) in [5.41, 5.74) is 0. The molecule has 0 heterocycles. The molecule has 1 N–H and O–H groups in total. The summed E-state index contributed by atoms with van der Waals surface area (Å²) < 4.78 is 43.5. The molecule has 0 aliphatic rings. The van der Waals surface area contributed by atoms with E-state index in [1.165, 1.54) is 0 Å². The van der Waals surface area contributed by atoms with Gasteiger partial charge < -0.3 is 43.2 Å². The van der Waals surface area contributed by atoms with Crippen molar-refractivity contribution in [3.8, 4) is 0 Å². The van der Waals surface area contributed by atoms with E-state index in [9.17, 15) is 4.79 Å². The van der Waals surface area contributed by atoms with Crippen molar-refractivity contribution in [1.29, 1.82) is 0 Å². The van der Waals surface area contributed by atoms with Gasteiger partial charge in [0.1, 0.15) is 0 Å². The average molecular weight is 524 g/mol. The predicted octanol–water partition coefficient (Wildman–Crippen LogP) is 2.47. The van der Waals surface area contributed by atoms with E-state index in [0.29, 0.717) is 111 Å². The third kappa shape index (κ3) is 31.2. The molecule has 0 rings (SSSR count). The Hall–Kier alpha value is -0.850. The van der Waals surface area contributed by atoms with Gasteiger partial charge in [-0.3, -0.25) is 4.79 Å². The Balaban J connectivity index is 3.08. The number of rotatable bonds is 30. The Morgan fingerprint density at radius 3 is 1.22 bits per heavy atom. The van der Waals surface area contributed by atoms with Gasteiger partial charge in [0.15, 0.2) is 0 Å². The topological polar surface area (TPSA) is 103 Å². The summed E-state index contributed by atoms with van der Waals surface area (Å²) >= 11 is 0. The highest BCUT2D eigenvalue weighted by molar-refractivity contribution is 5.75. The largest absolute Gasteiger partial charge is 0.379 e. The van der Waals surface area contributed by atoms with Crippen molar-refractivity contribution >= 4 is 5.91 Å². The number of amides is 1. The van der Waals surface area contributed by atoms with Crippen molar-refractivity contribution in [3.05, 3.63) is 0 Å². The molecular weight excluding hydrogens is 470 g/mol. The van der Waals surface area contributed by atoms with Crippen LogP contribution in [0.5, 0.6) is 0 Å². The smallest absolute Gasteiger partial charge is 0.222 e. The second-order valence-electron chi connectivity index (χ2n) is 8.54. The number of unbranched alkanes of at least 4 members (excludes halogenated alkanes) is 1. The van der Waals surface area contributed by atoms with E-state index in [-0.39, 0.29) is 5.91 Å². The van der Waals surface area contributed by atoms with Gasteiger partial charge >= 0.3 is 0 Å². The molecule has 0 aromatic rings. The van der Waals surface area contributed by atoms with Crippen LogP contribution in [0.2, 0.25) is 0 Å². The molecule has 0 aliphatic heterocycles. The van der Waals surface area contributed by atoms with Crippen LogP contribution >= 0.6 is 0 Å². The van der Waals surface area contributed by atoms with Crippen LogP contribution in [-0.4, -0.2) is 118 Å². The number of ether oxygens (including phenoxy) is 8. The second-order valence-corrected chi connectivity index (χ2v) is 8.54. The summed E-state index contributed by atoms with van der Waals surface area (Å²) in [6, 6.07) is 0. The molecule has 0 unspecified atom stereocenters. The average Bonchev–Trinajstić information content (AvgIpc) is 2.86. The molecule has 216 valence electrons. The van der Waals surface area contributed by atoms with E-state index < -0.39 is 0 Å². The van der Waals surface area contributed by atoms with E-state index in [0.717, 1.165) is 32.4 Å². The maximum absolute atomic E-state index is 11.6. The molecule has 0 aliphatic carbocycles. The van der Waals surface area contributed by atoms with Gasteiger partial charge in [-0.25, -0.2) is 0 Å². The summed E-state index contributed by atoms with van der Waals surface area (Å²) in [6.07, 6.45) is 3.62. The number of carbonyl (C=O) groups excluding carboxylic acids is 1. The standard InChI is InChI=1S/C26H53NO9/c1-4-5-9-29-11-13-31-15-17-33-19-21-35-23-24-36-22-20-34-18-16-32-14-12-30-10-7-26(28)27-8-6-25(2)3/h25H,4-24H2,1-3H3,(H,27,28). The van der Waals surface area contributed by atoms with Crippen LogP contribution in [0.4, 0.5) is 0 Å². The zero-order valence-electron chi connectivity index (χ0n) is 23.1. The summed E-state index contributed by atoms with van der Waals surface area (Å²) in [5, 5.41) is 2.89. The molecule has 0 saturated carbocycles. The van der Waals surface area contributed by atoms with Gasteiger partial charge in [0.2, 0.25) is 5.91 Å². The summed E-state index contributed by atoms with van der Waals surface area (Å²) in [7, 11) is 0. The van der Waals surface area contributed by atoms with Crippen LogP contribution < -0.4 is 5.32 Å². The maximum atomic E-state index is 11.6. The van der Waals surface area contributed by atoms with Gasteiger partial charge in [-0.05, 0) is 18.8 Å². The number of hydrogen-bond donors (Lipinski definition) is 1. The van der Waals surface area contributed by atoms with Crippen LogP contribution in [0.1, 0.15) is 46.5 Å². The van der Waals surface area contributed by atoms with Gasteiger partial charge in [0, 0.05) is 19.6 Å². The number of nitrogens with one attached hydrogen (secondary N) is 1. The third-order valence-corrected chi connectivity index (χ3v) is 4.76. The first kappa shape index (κ1) is 35.2. The minimum absolute atomic E-state index is 0.0317. The Kier molecular flexibility index (Phi) is 29.7. The van der Waals surface area contributed by atoms with Crippen LogP contribution in [0.25, 0.3) is 0 Å². The molecule has 0 atom stereocenters. The molecule has 0 aromatic heterocycles. The zero-order valence-corrected chi connectivity index (χ0v) is 23.1. The Morgan fingerprint density at radius 1 is 0.556 bits per heavy atom. The van der Waals surface area contributed by atoms with Gasteiger partial charge in [-0.2, -0.15) is 0 Å². The van der Waals surface area contributed by atoms with Crippen molar-refractivity contribution in [2.75, 3.05) is 112 Å². The number of carbonyl (C=O) groups is 1. The fourth-order valence-electron chi connectivity index (χ4n) is 2.64. The molecular formula is C26H53NO9.